The van der Waals surface area contributed by atoms with Gasteiger partial charge in [-0.1, -0.05) is 36.2 Å². The van der Waals surface area contributed by atoms with Gasteiger partial charge in [0.25, 0.3) is 5.91 Å². The molecule has 0 spiro atoms. The molecule has 2 aromatic rings. The minimum Gasteiger partial charge on any atom is -0.340 e. The second kappa shape index (κ2) is 10.5. The lowest BCUT2D eigenvalue weighted by Gasteiger charge is -2.25. The molecule has 1 aromatic carbocycles. The number of nitrogens with one attached hydrogen (secondary N) is 2. The van der Waals surface area contributed by atoms with Crippen LogP contribution in [-0.2, 0) is 9.59 Å². The number of halogens is 2. The highest BCUT2D eigenvalue weighted by atomic mass is 35.5. The highest BCUT2D eigenvalue weighted by Gasteiger charge is 2.24. The lowest BCUT2D eigenvalue weighted by molar-refractivity contribution is -0.136. The van der Waals surface area contributed by atoms with Crippen LogP contribution in [0.2, 0.25) is 10.0 Å². The largest absolute Gasteiger partial charge is 0.340 e. The maximum absolute atomic E-state index is 12.7. The molecular weight excluding hydrogens is 421 g/mol. The van der Waals surface area contributed by atoms with Gasteiger partial charge in [0.15, 0.2) is 0 Å². The van der Waals surface area contributed by atoms with E-state index in [0.29, 0.717) is 33.6 Å². The molecule has 0 radical (unpaired) electrons. The second-order valence-electron chi connectivity index (χ2n) is 6.10. The fourth-order valence-corrected chi connectivity index (χ4v) is 3.47. The predicted molar refractivity (Wildman–Crippen MR) is 113 cm³/mol. The van der Waals surface area contributed by atoms with Crippen molar-refractivity contribution in [2.75, 3.05) is 18.4 Å². The van der Waals surface area contributed by atoms with Gasteiger partial charge in [-0.2, -0.15) is 0 Å². The Morgan fingerprint density at radius 3 is 2.61 bits per heavy atom. The van der Waals surface area contributed by atoms with E-state index < -0.39 is 11.9 Å². The van der Waals surface area contributed by atoms with E-state index >= 15 is 0 Å². The van der Waals surface area contributed by atoms with E-state index in [1.165, 1.54) is 22.3 Å². The first-order valence-electron chi connectivity index (χ1n) is 8.69. The number of thiophene rings is 1. The molecule has 0 aliphatic carbocycles. The monoisotopic (exact) mass is 441 g/mol. The summed E-state index contributed by atoms with van der Waals surface area (Å²) < 4.78 is 0. The molecular formula is C19H21Cl2N3O3S. The van der Waals surface area contributed by atoms with Crippen LogP contribution in [0.5, 0.6) is 0 Å². The summed E-state index contributed by atoms with van der Waals surface area (Å²) in [7, 11) is 0. The van der Waals surface area contributed by atoms with Gasteiger partial charge < -0.3 is 15.5 Å². The van der Waals surface area contributed by atoms with E-state index in [-0.39, 0.29) is 18.4 Å². The van der Waals surface area contributed by atoms with Crippen molar-refractivity contribution in [3.63, 3.8) is 0 Å². The average molecular weight is 442 g/mol. The van der Waals surface area contributed by atoms with E-state index in [1.807, 2.05) is 6.92 Å². The zero-order valence-electron chi connectivity index (χ0n) is 15.5. The number of nitrogens with zero attached hydrogens (tertiary/aromatic N) is 1. The Morgan fingerprint density at radius 1 is 1.21 bits per heavy atom. The van der Waals surface area contributed by atoms with Crippen molar-refractivity contribution in [3.05, 3.63) is 50.6 Å². The van der Waals surface area contributed by atoms with E-state index in [4.69, 9.17) is 23.2 Å². The van der Waals surface area contributed by atoms with Crippen molar-refractivity contribution in [3.8, 4) is 0 Å². The Bertz CT molecular complexity index is 843. The van der Waals surface area contributed by atoms with Gasteiger partial charge in [0.2, 0.25) is 11.8 Å². The molecule has 1 unspecified atom stereocenters. The first-order chi connectivity index (χ1) is 13.3. The zero-order valence-corrected chi connectivity index (χ0v) is 17.8. The summed E-state index contributed by atoms with van der Waals surface area (Å²) in [5.74, 6) is -1.05. The normalized spacial score (nSPS) is 11.6. The summed E-state index contributed by atoms with van der Waals surface area (Å²) in [5, 5.41) is 7.91. The standard InChI is InChI=1S/C19H21Cl2N3O3S/c1-3-8-24(11-17(25)23-15-10-13(20)6-7-14(15)21)19(27)12(2)22-18(26)16-5-4-9-28-16/h4-7,9-10,12H,3,8,11H2,1-2H3,(H,22,26)(H,23,25). The Kier molecular flexibility index (Phi) is 8.29. The summed E-state index contributed by atoms with van der Waals surface area (Å²) in [6.07, 6.45) is 0.669. The SMILES string of the molecule is CCCN(CC(=O)Nc1cc(Cl)ccc1Cl)C(=O)C(C)NC(=O)c1cccs1. The third-order valence-corrected chi connectivity index (χ3v) is 5.24. The van der Waals surface area contributed by atoms with Gasteiger partial charge in [-0.05, 0) is 43.0 Å². The summed E-state index contributed by atoms with van der Waals surface area (Å²) >= 11 is 13.3. The van der Waals surface area contributed by atoms with E-state index in [1.54, 1.807) is 36.6 Å². The number of benzene rings is 1. The highest BCUT2D eigenvalue weighted by Crippen LogP contribution is 2.25. The van der Waals surface area contributed by atoms with Gasteiger partial charge >= 0.3 is 0 Å². The molecule has 2 N–H and O–H groups in total. The number of anilines is 1. The van der Waals surface area contributed by atoms with Crippen molar-refractivity contribution < 1.29 is 14.4 Å². The van der Waals surface area contributed by atoms with Crippen LogP contribution in [-0.4, -0.2) is 41.8 Å². The summed E-state index contributed by atoms with van der Waals surface area (Å²) in [6.45, 7) is 3.73. The molecule has 9 heteroatoms. The average Bonchev–Trinajstić information content (AvgIpc) is 3.18. The topological polar surface area (TPSA) is 78.5 Å². The minimum absolute atomic E-state index is 0.158. The van der Waals surface area contributed by atoms with Crippen LogP contribution in [0.25, 0.3) is 0 Å². The Labute approximate surface area is 177 Å². The fraction of sp³-hybridized carbons (Fsp3) is 0.316. The summed E-state index contributed by atoms with van der Waals surface area (Å²) in [6, 6.07) is 7.42. The number of carbonyl (C=O) groups excluding carboxylic acids is 3. The van der Waals surface area contributed by atoms with Gasteiger partial charge in [0.05, 0.1) is 22.1 Å². The van der Waals surface area contributed by atoms with E-state index in [0.717, 1.165) is 0 Å². The lowest BCUT2D eigenvalue weighted by atomic mass is 10.2. The van der Waals surface area contributed by atoms with Gasteiger partial charge in [-0.25, -0.2) is 0 Å². The highest BCUT2D eigenvalue weighted by molar-refractivity contribution is 7.12. The molecule has 0 saturated heterocycles. The molecule has 6 nitrogen and oxygen atoms in total. The number of amides is 3. The van der Waals surface area contributed by atoms with Crippen LogP contribution in [0, 0.1) is 0 Å². The van der Waals surface area contributed by atoms with Gasteiger partial charge in [0.1, 0.15) is 6.04 Å². The summed E-state index contributed by atoms with van der Waals surface area (Å²) in [4.78, 5) is 39.2. The first-order valence-corrected chi connectivity index (χ1v) is 10.3. The van der Waals surface area contributed by atoms with Crippen LogP contribution < -0.4 is 10.6 Å². The Hall–Kier alpha value is -2.09. The quantitative estimate of drug-likeness (QED) is 0.648. The lowest BCUT2D eigenvalue weighted by Crippen LogP contribution is -2.49. The van der Waals surface area contributed by atoms with E-state index in [9.17, 15) is 14.4 Å². The molecule has 0 aliphatic rings. The molecule has 1 aromatic heterocycles. The number of rotatable bonds is 8. The van der Waals surface area contributed by atoms with E-state index in [2.05, 4.69) is 10.6 Å². The van der Waals surface area contributed by atoms with Crippen LogP contribution in [0.3, 0.4) is 0 Å². The van der Waals surface area contributed by atoms with Crippen LogP contribution in [0.15, 0.2) is 35.7 Å². The van der Waals surface area contributed by atoms with Gasteiger partial charge in [0, 0.05) is 11.6 Å². The molecule has 1 heterocycles. The van der Waals surface area contributed by atoms with Crippen molar-refractivity contribution in [2.45, 2.75) is 26.3 Å². The smallest absolute Gasteiger partial charge is 0.261 e. The molecule has 3 amide bonds. The van der Waals surface area contributed by atoms with Crippen molar-refractivity contribution >= 4 is 57.9 Å². The van der Waals surface area contributed by atoms with Gasteiger partial charge in [-0.15, -0.1) is 11.3 Å². The molecule has 1 atom stereocenters. The first kappa shape index (κ1) is 22.2. The molecule has 0 aliphatic heterocycles. The molecule has 2 rings (SSSR count). The summed E-state index contributed by atoms with van der Waals surface area (Å²) in [5.41, 5.74) is 0.377. The fourth-order valence-electron chi connectivity index (χ4n) is 2.50. The van der Waals surface area contributed by atoms with Gasteiger partial charge in [-0.3, -0.25) is 14.4 Å². The third-order valence-electron chi connectivity index (χ3n) is 3.81. The molecule has 0 fully saturated rings. The maximum Gasteiger partial charge on any atom is 0.261 e. The molecule has 150 valence electrons. The number of hydrogen-bond donors (Lipinski definition) is 2. The molecule has 0 bridgehead atoms. The second-order valence-corrected chi connectivity index (χ2v) is 7.90. The van der Waals surface area contributed by atoms with Crippen molar-refractivity contribution in [2.24, 2.45) is 0 Å². The number of hydrogen-bond acceptors (Lipinski definition) is 4. The number of carbonyl (C=O) groups is 3. The van der Waals surface area contributed by atoms with Crippen LogP contribution in [0.4, 0.5) is 5.69 Å². The Balaban J connectivity index is 2.00. The van der Waals surface area contributed by atoms with Crippen LogP contribution >= 0.6 is 34.5 Å². The minimum atomic E-state index is -0.760. The molecule has 0 saturated carbocycles. The predicted octanol–water partition coefficient (Wildman–Crippen LogP) is 4.05. The van der Waals surface area contributed by atoms with Crippen LogP contribution in [0.1, 0.15) is 29.9 Å². The Morgan fingerprint density at radius 2 is 1.96 bits per heavy atom. The van der Waals surface area contributed by atoms with Crippen molar-refractivity contribution in [1.82, 2.24) is 10.2 Å². The molecule has 28 heavy (non-hydrogen) atoms. The zero-order chi connectivity index (χ0) is 20.7. The van der Waals surface area contributed by atoms with Crippen molar-refractivity contribution in [1.29, 1.82) is 0 Å². The maximum atomic E-state index is 12.7. The third kappa shape index (κ3) is 6.22.